The molecule has 0 atom stereocenters. The van der Waals surface area contributed by atoms with E-state index in [0.29, 0.717) is 17.5 Å². The summed E-state index contributed by atoms with van der Waals surface area (Å²) >= 11 is 0. The largest absolute Gasteiger partial charge is 0.497 e. The van der Waals surface area contributed by atoms with Gasteiger partial charge in [0.2, 0.25) is 10.0 Å². The molecule has 2 aromatic carbocycles. The van der Waals surface area contributed by atoms with Gasteiger partial charge in [0.15, 0.2) is 0 Å². The summed E-state index contributed by atoms with van der Waals surface area (Å²) < 4.78 is 48.8. The Morgan fingerprint density at radius 2 is 1.93 bits per heavy atom. The molecule has 0 N–H and O–H groups in total. The van der Waals surface area contributed by atoms with Gasteiger partial charge in [0.1, 0.15) is 11.6 Å². The van der Waals surface area contributed by atoms with Gasteiger partial charge in [0.05, 0.1) is 24.0 Å². The van der Waals surface area contributed by atoms with Crippen LogP contribution in [-0.2, 0) is 16.6 Å². The second-order valence-corrected chi connectivity index (χ2v) is 9.23. The van der Waals surface area contributed by atoms with Crippen LogP contribution in [0.15, 0.2) is 59.9 Å². The molecule has 0 amide bonds. The Labute approximate surface area is 169 Å². The molecular formula is C21H22FN3O3S. The smallest absolute Gasteiger partial charge is 0.243 e. The van der Waals surface area contributed by atoms with Gasteiger partial charge in [-0.2, -0.15) is 4.31 Å². The number of rotatable bonds is 7. The first-order valence-corrected chi connectivity index (χ1v) is 10.7. The highest BCUT2D eigenvalue weighted by atomic mass is 32.2. The molecule has 0 spiro atoms. The predicted octanol–water partition coefficient (Wildman–Crippen LogP) is 3.85. The van der Waals surface area contributed by atoms with Gasteiger partial charge in [-0.05, 0) is 48.7 Å². The maximum Gasteiger partial charge on any atom is 0.243 e. The number of methoxy groups -OCH3 is 1. The summed E-state index contributed by atoms with van der Waals surface area (Å²) in [5.41, 5.74) is 1.44. The Hall–Kier alpha value is -2.71. The van der Waals surface area contributed by atoms with Gasteiger partial charge in [0.25, 0.3) is 0 Å². The summed E-state index contributed by atoms with van der Waals surface area (Å²) in [7, 11) is -0.717. The molecule has 1 aromatic heterocycles. The van der Waals surface area contributed by atoms with Gasteiger partial charge in [-0.3, -0.25) is 0 Å². The van der Waals surface area contributed by atoms with Crippen molar-refractivity contribution in [3.05, 3.63) is 66.4 Å². The van der Waals surface area contributed by atoms with E-state index in [1.165, 1.54) is 29.6 Å². The minimum Gasteiger partial charge on any atom is -0.497 e. The number of imidazole rings is 1. The summed E-state index contributed by atoms with van der Waals surface area (Å²) in [5, 5.41) is 0. The third kappa shape index (κ3) is 4.04. The first kappa shape index (κ1) is 19.6. The molecule has 0 aliphatic heterocycles. The Balaban J connectivity index is 1.59. The molecule has 0 radical (unpaired) electrons. The Kier molecular flexibility index (Phi) is 5.14. The summed E-state index contributed by atoms with van der Waals surface area (Å²) in [6, 6.07) is 11.4. The molecule has 1 aliphatic carbocycles. The lowest BCUT2D eigenvalue weighted by atomic mass is 10.1. The highest BCUT2D eigenvalue weighted by Crippen LogP contribution is 2.36. The lowest BCUT2D eigenvalue weighted by Gasteiger charge is -2.18. The zero-order valence-corrected chi connectivity index (χ0v) is 17.1. The van der Waals surface area contributed by atoms with Crippen molar-refractivity contribution in [2.24, 2.45) is 0 Å². The highest BCUT2D eigenvalue weighted by molar-refractivity contribution is 7.89. The minimum absolute atomic E-state index is 0.0332. The molecule has 1 saturated carbocycles. The molecule has 6 nitrogen and oxygen atoms in total. The van der Waals surface area contributed by atoms with Crippen LogP contribution < -0.4 is 4.74 Å². The number of aromatic nitrogens is 2. The monoisotopic (exact) mass is 415 g/mol. The first-order chi connectivity index (χ1) is 13.9. The Morgan fingerprint density at radius 1 is 1.21 bits per heavy atom. The van der Waals surface area contributed by atoms with Gasteiger partial charge in [-0.15, -0.1) is 0 Å². The van der Waals surface area contributed by atoms with E-state index >= 15 is 0 Å². The van der Waals surface area contributed by atoms with Crippen molar-refractivity contribution in [3.63, 3.8) is 0 Å². The van der Waals surface area contributed by atoms with Crippen molar-refractivity contribution in [2.75, 3.05) is 14.2 Å². The van der Waals surface area contributed by atoms with Crippen LogP contribution in [0.5, 0.6) is 5.75 Å². The lowest BCUT2D eigenvalue weighted by Crippen LogP contribution is -2.26. The van der Waals surface area contributed by atoms with E-state index < -0.39 is 15.8 Å². The van der Waals surface area contributed by atoms with Crippen molar-refractivity contribution in [2.45, 2.75) is 30.3 Å². The van der Waals surface area contributed by atoms with Gasteiger partial charge in [-0.25, -0.2) is 17.8 Å². The van der Waals surface area contributed by atoms with E-state index in [1.54, 1.807) is 31.8 Å². The number of nitrogens with zero attached hydrogens (tertiary/aromatic N) is 3. The molecule has 1 aliphatic rings. The lowest BCUT2D eigenvalue weighted by molar-refractivity contribution is 0.414. The van der Waals surface area contributed by atoms with Crippen LogP contribution in [0.2, 0.25) is 0 Å². The van der Waals surface area contributed by atoms with Crippen LogP contribution in [0.3, 0.4) is 0 Å². The van der Waals surface area contributed by atoms with Crippen molar-refractivity contribution >= 4 is 10.0 Å². The normalized spacial score (nSPS) is 14.3. The van der Waals surface area contributed by atoms with E-state index in [-0.39, 0.29) is 17.0 Å². The number of benzene rings is 2. The van der Waals surface area contributed by atoms with Crippen LogP contribution in [0.25, 0.3) is 11.3 Å². The van der Waals surface area contributed by atoms with Crippen molar-refractivity contribution in [1.29, 1.82) is 0 Å². The number of sulfonamides is 1. The molecule has 29 heavy (non-hydrogen) atoms. The SMILES string of the molecule is COc1ccc(CN(C)S(=O)(=O)c2ccc(F)c(-c3cn(C4CC4)cn3)c2)cc1. The topological polar surface area (TPSA) is 64.4 Å². The Morgan fingerprint density at radius 3 is 2.59 bits per heavy atom. The van der Waals surface area contributed by atoms with Crippen LogP contribution in [-0.4, -0.2) is 36.4 Å². The zero-order chi connectivity index (χ0) is 20.6. The van der Waals surface area contributed by atoms with Crippen LogP contribution in [0, 0.1) is 5.82 Å². The standard InChI is InChI=1S/C21H22FN3O3S/c1-24(12-15-3-7-17(28-2)8-4-15)29(26,27)18-9-10-20(22)19(11-18)21-13-25(14-23-21)16-5-6-16/h3-4,7-11,13-14,16H,5-6,12H2,1-2H3. The fourth-order valence-corrected chi connectivity index (χ4v) is 4.35. The maximum absolute atomic E-state index is 14.4. The Bertz CT molecular complexity index is 1120. The van der Waals surface area contributed by atoms with Gasteiger partial charge in [-0.1, -0.05) is 12.1 Å². The summed E-state index contributed by atoms with van der Waals surface area (Å²) in [4.78, 5) is 4.30. The number of hydrogen-bond donors (Lipinski definition) is 0. The molecular weight excluding hydrogens is 393 g/mol. The second-order valence-electron chi connectivity index (χ2n) is 7.19. The van der Waals surface area contributed by atoms with E-state index in [9.17, 15) is 12.8 Å². The van der Waals surface area contributed by atoms with Gasteiger partial charge < -0.3 is 9.30 Å². The number of ether oxygens (including phenoxy) is 1. The quantitative estimate of drug-likeness (QED) is 0.588. The fourth-order valence-electron chi connectivity index (χ4n) is 3.16. The average Bonchev–Trinajstić information content (AvgIpc) is 3.46. The van der Waals surface area contributed by atoms with E-state index in [4.69, 9.17) is 4.74 Å². The molecule has 8 heteroatoms. The van der Waals surface area contributed by atoms with E-state index in [2.05, 4.69) is 4.98 Å². The van der Waals surface area contributed by atoms with Crippen molar-refractivity contribution < 1.29 is 17.5 Å². The van der Waals surface area contributed by atoms with Crippen LogP contribution in [0.1, 0.15) is 24.4 Å². The van der Waals surface area contributed by atoms with E-state index in [1.807, 2.05) is 16.7 Å². The minimum atomic E-state index is -3.80. The average molecular weight is 415 g/mol. The second kappa shape index (κ2) is 7.61. The zero-order valence-electron chi connectivity index (χ0n) is 16.2. The third-order valence-electron chi connectivity index (χ3n) is 5.06. The number of hydrogen-bond acceptors (Lipinski definition) is 4. The molecule has 1 fully saturated rings. The predicted molar refractivity (Wildman–Crippen MR) is 108 cm³/mol. The number of halogens is 1. The molecule has 3 aromatic rings. The summed E-state index contributed by atoms with van der Waals surface area (Å²) in [6.45, 7) is 0.190. The molecule has 152 valence electrons. The van der Waals surface area contributed by atoms with Crippen LogP contribution in [0.4, 0.5) is 4.39 Å². The first-order valence-electron chi connectivity index (χ1n) is 9.31. The molecule has 0 unspecified atom stereocenters. The van der Waals surface area contributed by atoms with Crippen molar-refractivity contribution in [1.82, 2.24) is 13.9 Å². The van der Waals surface area contributed by atoms with Crippen molar-refractivity contribution in [3.8, 4) is 17.0 Å². The molecule has 4 rings (SSSR count). The van der Waals surface area contributed by atoms with Gasteiger partial charge in [0, 0.05) is 31.4 Å². The van der Waals surface area contributed by atoms with Gasteiger partial charge >= 0.3 is 0 Å². The summed E-state index contributed by atoms with van der Waals surface area (Å²) in [5.74, 6) is 0.205. The fraction of sp³-hybridized carbons (Fsp3) is 0.286. The molecule has 0 saturated heterocycles. The highest BCUT2D eigenvalue weighted by Gasteiger charge is 2.25. The summed E-state index contributed by atoms with van der Waals surface area (Å²) in [6.07, 6.45) is 5.61. The maximum atomic E-state index is 14.4. The molecule has 0 bridgehead atoms. The van der Waals surface area contributed by atoms with Crippen LogP contribution >= 0.6 is 0 Å². The molecule has 1 heterocycles. The third-order valence-corrected chi connectivity index (χ3v) is 6.86. The van der Waals surface area contributed by atoms with E-state index in [0.717, 1.165) is 18.4 Å².